The van der Waals surface area contributed by atoms with Crippen molar-refractivity contribution in [2.45, 2.75) is 20.4 Å². The summed E-state index contributed by atoms with van der Waals surface area (Å²) in [7, 11) is 3.86. The molecule has 0 saturated carbocycles. The lowest BCUT2D eigenvalue weighted by Crippen LogP contribution is -2.36. The number of aromatic nitrogens is 1. The van der Waals surface area contributed by atoms with Crippen LogP contribution in [0, 0.1) is 12.7 Å². The smallest absolute Gasteiger partial charge is 0.339 e. The molecule has 2 rings (SSSR count). The van der Waals surface area contributed by atoms with Gasteiger partial charge in [-0.2, -0.15) is 0 Å². The molecule has 1 amide bonds. The van der Waals surface area contributed by atoms with Crippen LogP contribution < -0.4 is 0 Å². The van der Waals surface area contributed by atoms with Crippen molar-refractivity contribution in [1.82, 2.24) is 14.8 Å². The van der Waals surface area contributed by atoms with Crippen LogP contribution in [0.4, 0.5) is 4.39 Å². The van der Waals surface area contributed by atoms with Gasteiger partial charge in [0.2, 0.25) is 0 Å². The zero-order valence-electron chi connectivity index (χ0n) is 16.7. The van der Waals surface area contributed by atoms with Gasteiger partial charge >= 0.3 is 5.97 Å². The predicted octanol–water partition coefficient (Wildman–Crippen LogP) is 2.91. The van der Waals surface area contributed by atoms with Crippen molar-refractivity contribution >= 4 is 11.9 Å². The molecule has 0 aliphatic heterocycles. The zero-order valence-corrected chi connectivity index (χ0v) is 16.7. The maximum atomic E-state index is 13.2. The molecule has 0 aliphatic rings. The molecule has 0 aliphatic carbocycles. The summed E-state index contributed by atoms with van der Waals surface area (Å²) in [5.74, 6) is -1.02. The van der Waals surface area contributed by atoms with E-state index in [0.29, 0.717) is 30.9 Å². The molecule has 6 nitrogen and oxygen atoms in total. The Morgan fingerprint density at radius 1 is 1.07 bits per heavy atom. The van der Waals surface area contributed by atoms with Gasteiger partial charge in [0.05, 0.1) is 17.9 Å². The van der Waals surface area contributed by atoms with E-state index < -0.39 is 5.97 Å². The highest BCUT2D eigenvalue weighted by atomic mass is 19.1. The van der Waals surface area contributed by atoms with E-state index in [0.717, 1.165) is 5.56 Å². The summed E-state index contributed by atoms with van der Waals surface area (Å²) in [5, 5.41) is 0. The lowest BCUT2D eigenvalue weighted by molar-refractivity contribution is 0.0524. The molecule has 0 radical (unpaired) electrons. The quantitative estimate of drug-likeness (QED) is 0.652. The number of ether oxygens (including phenoxy) is 1. The van der Waals surface area contributed by atoms with Gasteiger partial charge in [-0.05, 0) is 57.8 Å². The number of rotatable bonds is 8. The summed E-state index contributed by atoms with van der Waals surface area (Å²) < 4.78 is 18.2. The minimum Gasteiger partial charge on any atom is -0.462 e. The van der Waals surface area contributed by atoms with Crippen LogP contribution in [0.2, 0.25) is 0 Å². The molecule has 0 spiro atoms. The van der Waals surface area contributed by atoms with Crippen LogP contribution in [-0.4, -0.2) is 60.5 Å². The van der Waals surface area contributed by atoms with Crippen LogP contribution in [0.15, 0.2) is 36.4 Å². The Hall–Kier alpha value is -2.80. The number of pyridine rings is 1. The predicted molar refractivity (Wildman–Crippen MR) is 105 cm³/mol. The second-order valence-corrected chi connectivity index (χ2v) is 6.71. The molecular weight excluding hydrogens is 361 g/mol. The first kappa shape index (κ1) is 21.5. The fraction of sp³-hybridized carbons (Fsp3) is 0.381. The Morgan fingerprint density at radius 3 is 2.32 bits per heavy atom. The third-order valence-corrected chi connectivity index (χ3v) is 4.19. The van der Waals surface area contributed by atoms with Crippen LogP contribution in [-0.2, 0) is 11.3 Å². The summed E-state index contributed by atoms with van der Waals surface area (Å²) in [6.07, 6.45) is 0. The molecule has 1 aromatic carbocycles. The van der Waals surface area contributed by atoms with Gasteiger partial charge in [-0.15, -0.1) is 0 Å². The van der Waals surface area contributed by atoms with Crippen molar-refractivity contribution in [2.24, 2.45) is 0 Å². The number of nitrogens with zero attached hydrogens (tertiary/aromatic N) is 3. The number of hydrogen-bond donors (Lipinski definition) is 0. The first-order valence-electron chi connectivity index (χ1n) is 9.15. The van der Waals surface area contributed by atoms with Crippen molar-refractivity contribution < 1.29 is 18.7 Å². The molecule has 0 bridgehead atoms. The van der Waals surface area contributed by atoms with E-state index in [4.69, 9.17) is 4.74 Å². The molecule has 0 N–H and O–H groups in total. The van der Waals surface area contributed by atoms with Gasteiger partial charge in [-0.1, -0.05) is 12.1 Å². The molecule has 0 unspecified atom stereocenters. The van der Waals surface area contributed by atoms with Gasteiger partial charge in [-0.25, -0.2) is 14.2 Å². The van der Waals surface area contributed by atoms with Crippen LogP contribution in [0.5, 0.6) is 0 Å². The molecule has 28 heavy (non-hydrogen) atoms. The topological polar surface area (TPSA) is 62.7 Å². The Balaban J connectivity index is 2.24. The minimum absolute atomic E-state index is 0.246. The van der Waals surface area contributed by atoms with E-state index in [9.17, 15) is 14.0 Å². The summed E-state index contributed by atoms with van der Waals surface area (Å²) in [6.45, 7) is 5.18. The standard InChI is InChI=1S/C21H26FN3O3/c1-5-28-21(27)18-10-11-19(23-15(18)2)20(26)25(13-12-24(3)4)14-16-6-8-17(22)9-7-16/h6-11H,5,12-14H2,1-4H3. The van der Waals surface area contributed by atoms with Gasteiger partial charge in [-0.3, -0.25) is 4.79 Å². The third-order valence-electron chi connectivity index (χ3n) is 4.19. The van der Waals surface area contributed by atoms with E-state index in [1.165, 1.54) is 18.2 Å². The molecule has 150 valence electrons. The molecule has 0 fully saturated rings. The largest absolute Gasteiger partial charge is 0.462 e. The first-order valence-corrected chi connectivity index (χ1v) is 9.15. The number of aryl methyl sites for hydroxylation is 1. The van der Waals surface area contributed by atoms with E-state index >= 15 is 0 Å². The van der Waals surface area contributed by atoms with Crippen LogP contribution in [0.1, 0.15) is 39.0 Å². The molecule has 1 aromatic heterocycles. The maximum Gasteiger partial charge on any atom is 0.339 e. The van der Waals surface area contributed by atoms with E-state index in [-0.39, 0.29) is 24.0 Å². The third kappa shape index (κ3) is 5.85. The van der Waals surface area contributed by atoms with E-state index in [2.05, 4.69) is 4.98 Å². The van der Waals surface area contributed by atoms with Gasteiger partial charge in [0, 0.05) is 19.6 Å². The summed E-state index contributed by atoms with van der Waals surface area (Å²) in [4.78, 5) is 32.9. The minimum atomic E-state index is -0.456. The summed E-state index contributed by atoms with van der Waals surface area (Å²) in [6, 6.07) is 9.17. The Kier molecular flexibility index (Phi) is 7.63. The average molecular weight is 387 g/mol. The molecular formula is C21H26FN3O3. The molecule has 1 heterocycles. The highest BCUT2D eigenvalue weighted by molar-refractivity contribution is 5.95. The zero-order chi connectivity index (χ0) is 20.7. The average Bonchev–Trinajstić information content (AvgIpc) is 2.66. The lowest BCUT2D eigenvalue weighted by Gasteiger charge is -2.24. The highest BCUT2D eigenvalue weighted by Crippen LogP contribution is 2.13. The highest BCUT2D eigenvalue weighted by Gasteiger charge is 2.20. The second kappa shape index (κ2) is 9.94. The molecule has 0 saturated heterocycles. The van der Waals surface area contributed by atoms with Crippen molar-refractivity contribution in [3.8, 4) is 0 Å². The van der Waals surface area contributed by atoms with Gasteiger partial charge < -0.3 is 14.5 Å². The number of carbonyl (C=O) groups excluding carboxylic acids is 2. The number of likely N-dealkylation sites (N-methyl/N-ethyl adjacent to an activating group) is 1. The van der Waals surface area contributed by atoms with E-state index in [1.807, 2.05) is 19.0 Å². The van der Waals surface area contributed by atoms with Gasteiger partial charge in [0.1, 0.15) is 11.5 Å². The number of halogens is 1. The van der Waals surface area contributed by atoms with Crippen molar-refractivity contribution in [1.29, 1.82) is 0 Å². The molecule has 7 heteroatoms. The fourth-order valence-electron chi connectivity index (χ4n) is 2.65. The Labute approximate surface area is 164 Å². The lowest BCUT2D eigenvalue weighted by atomic mass is 10.1. The summed E-state index contributed by atoms with van der Waals surface area (Å²) in [5.41, 5.74) is 1.87. The Morgan fingerprint density at radius 2 is 1.75 bits per heavy atom. The molecule has 2 aromatic rings. The number of carbonyl (C=O) groups is 2. The van der Waals surface area contributed by atoms with Crippen molar-refractivity contribution in [3.05, 3.63) is 64.7 Å². The monoisotopic (exact) mass is 387 g/mol. The van der Waals surface area contributed by atoms with Gasteiger partial charge in [0.15, 0.2) is 0 Å². The van der Waals surface area contributed by atoms with E-state index in [1.54, 1.807) is 36.9 Å². The SMILES string of the molecule is CCOC(=O)c1ccc(C(=O)N(CCN(C)C)Cc2ccc(F)cc2)nc1C. The summed E-state index contributed by atoms with van der Waals surface area (Å²) >= 11 is 0. The number of hydrogen-bond acceptors (Lipinski definition) is 5. The molecule has 0 atom stereocenters. The van der Waals surface area contributed by atoms with Crippen molar-refractivity contribution in [3.63, 3.8) is 0 Å². The fourth-order valence-corrected chi connectivity index (χ4v) is 2.65. The second-order valence-electron chi connectivity index (χ2n) is 6.71. The number of benzene rings is 1. The maximum absolute atomic E-state index is 13.2. The first-order chi connectivity index (χ1) is 13.3. The number of amides is 1. The normalized spacial score (nSPS) is 10.8. The van der Waals surface area contributed by atoms with Crippen molar-refractivity contribution in [2.75, 3.05) is 33.8 Å². The van der Waals surface area contributed by atoms with Gasteiger partial charge in [0.25, 0.3) is 5.91 Å². The Bertz CT molecular complexity index is 822. The van der Waals surface area contributed by atoms with Crippen LogP contribution in [0.3, 0.4) is 0 Å². The van der Waals surface area contributed by atoms with Crippen LogP contribution in [0.25, 0.3) is 0 Å². The van der Waals surface area contributed by atoms with Crippen LogP contribution >= 0.6 is 0 Å². The number of esters is 1.